The number of hydrogen-bond donors (Lipinski definition) is 1. The Kier molecular flexibility index (Phi) is 6.20. The van der Waals surface area contributed by atoms with Gasteiger partial charge in [0.05, 0.1) is 6.04 Å². The highest BCUT2D eigenvalue weighted by molar-refractivity contribution is 6.05. The standard InChI is InChI=1S/C23H18F2N2O2/c1-15(16-7-3-2-4-8-16)27-22(28)18(14-26)13-20-19-10-6-5-9-17(19)11-12-21(20)29-23(24)25/h2-13,15,23H,1H3,(H,27,28)/b18-13+/t15-/m0/s1. The highest BCUT2D eigenvalue weighted by Gasteiger charge is 2.17. The zero-order valence-corrected chi connectivity index (χ0v) is 15.6. The van der Waals surface area contributed by atoms with Gasteiger partial charge in [-0.3, -0.25) is 4.79 Å². The minimum atomic E-state index is -3.03. The average Bonchev–Trinajstić information content (AvgIpc) is 2.73. The first-order chi connectivity index (χ1) is 14.0. The van der Waals surface area contributed by atoms with E-state index >= 15 is 0 Å². The number of benzene rings is 3. The predicted molar refractivity (Wildman–Crippen MR) is 107 cm³/mol. The maximum absolute atomic E-state index is 12.9. The van der Waals surface area contributed by atoms with Crippen molar-refractivity contribution in [3.8, 4) is 11.8 Å². The number of rotatable bonds is 6. The smallest absolute Gasteiger partial charge is 0.387 e. The van der Waals surface area contributed by atoms with Crippen molar-refractivity contribution >= 4 is 22.8 Å². The summed E-state index contributed by atoms with van der Waals surface area (Å²) in [6.45, 7) is -1.23. The number of amides is 1. The third-order valence-corrected chi connectivity index (χ3v) is 4.45. The van der Waals surface area contributed by atoms with Crippen molar-refractivity contribution in [1.29, 1.82) is 5.26 Å². The molecule has 0 fully saturated rings. The van der Waals surface area contributed by atoms with Gasteiger partial charge in [-0.2, -0.15) is 14.0 Å². The Hall–Kier alpha value is -3.72. The van der Waals surface area contributed by atoms with Crippen LogP contribution in [-0.2, 0) is 4.79 Å². The van der Waals surface area contributed by atoms with E-state index in [-0.39, 0.29) is 22.9 Å². The zero-order valence-electron chi connectivity index (χ0n) is 15.6. The lowest BCUT2D eigenvalue weighted by Gasteiger charge is -2.15. The van der Waals surface area contributed by atoms with Gasteiger partial charge in [0.2, 0.25) is 0 Å². The number of nitriles is 1. The van der Waals surface area contributed by atoms with E-state index < -0.39 is 12.5 Å². The van der Waals surface area contributed by atoms with Crippen molar-refractivity contribution in [3.63, 3.8) is 0 Å². The summed E-state index contributed by atoms with van der Waals surface area (Å²) in [7, 11) is 0. The fourth-order valence-electron chi connectivity index (χ4n) is 3.02. The van der Waals surface area contributed by atoms with Crippen LogP contribution in [0.25, 0.3) is 16.8 Å². The number of alkyl halides is 2. The summed E-state index contributed by atoms with van der Waals surface area (Å²) < 4.78 is 30.3. The fourth-order valence-corrected chi connectivity index (χ4v) is 3.02. The molecule has 0 unspecified atom stereocenters. The van der Waals surface area contributed by atoms with Crippen LogP contribution in [0.4, 0.5) is 8.78 Å². The Balaban J connectivity index is 1.99. The van der Waals surface area contributed by atoms with E-state index in [0.717, 1.165) is 10.9 Å². The van der Waals surface area contributed by atoms with Gasteiger partial charge in [0.1, 0.15) is 17.4 Å². The van der Waals surface area contributed by atoms with Crippen molar-refractivity contribution in [2.45, 2.75) is 19.6 Å². The number of nitrogens with zero attached hydrogens (tertiary/aromatic N) is 1. The molecule has 146 valence electrons. The topological polar surface area (TPSA) is 62.1 Å². The third-order valence-electron chi connectivity index (χ3n) is 4.45. The average molecular weight is 392 g/mol. The van der Waals surface area contributed by atoms with Gasteiger partial charge in [-0.1, -0.05) is 60.7 Å². The monoisotopic (exact) mass is 392 g/mol. The molecule has 0 saturated heterocycles. The van der Waals surface area contributed by atoms with E-state index in [2.05, 4.69) is 10.1 Å². The Morgan fingerprint density at radius 1 is 1.07 bits per heavy atom. The van der Waals surface area contributed by atoms with Crippen molar-refractivity contribution in [3.05, 3.63) is 83.4 Å². The van der Waals surface area contributed by atoms with Gasteiger partial charge in [-0.15, -0.1) is 0 Å². The summed E-state index contributed by atoms with van der Waals surface area (Å²) in [5.41, 5.74) is 0.927. The van der Waals surface area contributed by atoms with E-state index in [1.54, 1.807) is 25.1 Å². The van der Waals surface area contributed by atoms with Crippen molar-refractivity contribution < 1.29 is 18.3 Å². The molecule has 0 aliphatic rings. The molecule has 4 nitrogen and oxygen atoms in total. The van der Waals surface area contributed by atoms with Gasteiger partial charge in [0, 0.05) is 5.56 Å². The highest BCUT2D eigenvalue weighted by atomic mass is 19.3. The largest absolute Gasteiger partial charge is 0.434 e. The normalized spacial score (nSPS) is 12.4. The van der Waals surface area contributed by atoms with Crippen LogP contribution in [0, 0.1) is 11.3 Å². The molecule has 0 aromatic heterocycles. The van der Waals surface area contributed by atoms with Gasteiger partial charge >= 0.3 is 6.61 Å². The summed E-state index contributed by atoms with van der Waals surface area (Å²) in [5, 5.41) is 13.6. The van der Waals surface area contributed by atoms with Crippen molar-refractivity contribution in [2.24, 2.45) is 0 Å². The molecule has 0 aliphatic heterocycles. The molecule has 6 heteroatoms. The van der Waals surface area contributed by atoms with Crippen LogP contribution >= 0.6 is 0 Å². The van der Waals surface area contributed by atoms with Gasteiger partial charge in [0.15, 0.2) is 0 Å². The number of carbonyl (C=O) groups excluding carboxylic acids is 1. The number of hydrogen-bond acceptors (Lipinski definition) is 3. The van der Waals surface area contributed by atoms with Crippen molar-refractivity contribution in [1.82, 2.24) is 5.32 Å². The van der Waals surface area contributed by atoms with E-state index in [0.29, 0.717) is 5.39 Å². The second-order valence-electron chi connectivity index (χ2n) is 6.35. The van der Waals surface area contributed by atoms with E-state index in [1.807, 2.05) is 48.5 Å². The van der Waals surface area contributed by atoms with Gasteiger partial charge < -0.3 is 10.1 Å². The summed E-state index contributed by atoms with van der Waals surface area (Å²) in [5.74, 6) is -0.699. The quantitative estimate of drug-likeness (QED) is 0.462. The predicted octanol–water partition coefficient (Wildman–Crippen LogP) is 5.23. The van der Waals surface area contributed by atoms with Gasteiger partial charge in [-0.05, 0) is 35.4 Å². The van der Waals surface area contributed by atoms with E-state index in [1.165, 1.54) is 12.1 Å². The second kappa shape index (κ2) is 8.98. The number of ether oxygens (including phenoxy) is 1. The molecule has 3 aromatic carbocycles. The molecule has 1 atom stereocenters. The van der Waals surface area contributed by atoms with Gasteiger partial charge in [0.25, 0.3) is 5.91 Å². The Morgan fingerprint density at radius 3 is 2.45 bits per heavy atom. The number of halogens is 2. The molecular formula is C23H18F2N2O2. The first-order valence-corrected chi connectivity index (χ1v) is 8.93. The molecule has 0 bridgehead atoms. The van der Waals surface area contributed by atoms with Gasteiger partial charge in [-0.25, -0.2) is 0 Å². The van der Waals surface area contributed by atoms with Crippen LogP contribution in [0.1, 0.15) is 24.1 Å². The summed E-state index contributed by atoms with van der Waals surface area (Å²) in [6.07, 6.45) is 1.28. The highest BCUT2D eigenvalue weighted by Crippen LogP contribution is 2.31. The number of fused-ring (bicyclic) bond motifs is 1. The minimum Gasteiger partial charge on any atom is -0.434 e. The van der Waals surface area contributed by atoms with E-state index in [4.69, 9.17) is 0 Å². The third kappa shape index (κ3) is 4.77. The van der Waals surface area contributed by atoms with Crippen LogP contribution in [0.3, 0.4) is 0 Å². The summed E-state index contributed by atoms with van der Waals surface area (Å²) >= 11 is 0. The maximum Gasteiger partial charge on any atom is 0.387 e. The molecule has 0 saturated carbocycles. The lowest BCUT2D eigenvalue weighted by molar-refractivity contribution is -0.117. The molecule has 0 heterocycles. The summed E-state index contributed by atoms with van der Waals surface area (Å²) in [6, 6.07) is 20.9. The van der Waals surface area contributed by atoms with Crippen LogP contribution in [0.15, 0.2) is 72.3 Å². The van der Waals surface area contributed by atoms with E-state index in [9.17, 15) is 18.8 Å². The molecule has 0 radical (unpaired) electrons. The SMILES string of the molecule is C[C@H](NC(=O)/C(C#N)=C/c1c(OC(F)F)ccc2ccccc12)c1ccccc1. The molecule has 3 aromatic rings. The van der Waals surface area contributed by atoms with Crippen LogP contribution < -0.4 is 10.1 Å². The lowest BCUT2D eigenvalue weighted by atomic mass is 10.0. The van der Waals surface area contributed by atoms with Crippen LogP contribution in [0.2, 0.25) is 0 Å². The zero-order chi connectivity index (χ0) is 20.8. The van der Waals surface area contributed by atoms with Crippen molar-refractivity contribution in [2.75, 3.05) is 0 Å². The second-order valence-corrected chi connectivity index (χ2v) is 6.35. The van der Waals surface area contributed by atoms with Crippen LogP contribution in [-0.4, -0.2) is 12.5 Å². The molecular weight excluding hydrogens is 374 g/mol. The maximum atomic E-state index is 12.9. The molecule has 1 amide bonds. The molecule has 29 heavy (non-hydrogen) atoms. The first kappa shape index (κ1) is 20.0. The summed E-state index contributed by atoms with van der Waals surface area (Å²) in [4.78, 5) is 12.6. The fraction of sp³-hybridized carbons (Fsp3) is 0.130. The molecule has 1 N–H and O–H groups in total. The first-order valence-electron chi connectivity index (χ1n) is 8.93. The molecule has 0 aliphatic carbocycles. The Morgan fingerprint density at radius 2 is 1.76 bits per heavy atom. The molecule has 0 spiro atoms. The molecule has 3 rings (SSSR count). The Bertz CT molecular complexity index is 1090. The van der Waals surface area contributed by atoms with Crippen LogP contribution in [0.5, 0.6) is 5.75 Å². The lowest BCUT2D eigenvalue weighted by Crippen LogP contribution is -2.27. The Labute approximate surface area is 167 Å². The minimum absolute atomic E-state index is 0.102. The number of carbonyl (C=O) groups is 1. The number of nitrogens with one attached hydrogen (secondary N) is 1.